The molecule has 0 heterocycles. The number of carboxylic acids is 1. The second kappa shape index (κ2) is 11.1. The van der Waals surface area contributed by atoms with Gasteiger partial charge < -0.3 is 30.1 Å². The molecule has 9 heteroatoms. The number of benzene rings is 2. The van der Waals surface area contributed by atoms with Crippen LogP contribution in [0.1, 0.15) is 52.6 Å². The zero-order valence-electron chi connectivity index (χ0n) is 18.8. The van der Waals surface area contributed by atoms with E-state index in [2.05, 4.69) is 26.1 Å². The second-order valence-electron chi connectivity index (χ2n) is 7.96. The number of hydrogen-bond donors (Lipinski definition) is 5. The molecule has 2 rings (SSSR count). The van der Waals surface area contributed by atoms with Crippen LogP contribution in [0.25, 0.3) is 0 Å². The molecule has 1 unspecified atom stereocenters. The van der Waals surface area contributed by atoms with E-state index in [-0.39, 0.29) is 17.5 Å². The van der Waals surface area contributed by atoms with Crippen molar-refractivity contribution in [3.05, 3.63) is 64.7 Å². The number of nitrogens with zero attached hydrogens (tertiary/aromatic N) is 1. The third-order valence-electron chi connectivity index (χ3n) is 6.21. The Balaban J connectivity index is 2.14. The van der Waals surface area contributed by atoms with Crippen LogP contribution in [0.3, 0.4) is 0 Å². The first-order chi connectivity index (χ1) is 15.2. The Labute approximate surface area is 188 Å². The van der Waals surface area contributed by atoms with Gasteiger partial charge in [0.1, 0.15) is 17.9 Å². The number of amides is 1. The molecule has 1 atom stereocenters. The van der Waals surface area contributed by atoms with Crippen molar-refractivity contribution in [2.75, 3.05) is 19.6 Å². The number of aromatic hydroxyl groups is 1. The van der Waals surface area contributed by atoms with Gasteiger partial charge >= 0.3 is 13.1 Å². The molecule has 8 nitrogen and oxygen atoms in total. The molecule has 0 aliphatic heterocycles. The van der Waals surface area contributed by atoms with Crippen LogP contribution in [-0.4, -0.2) is 69.3 Å². The number of phenols is 1. The van der Waals surface area contributed by atoms with Gasteiger partial charge in [-0.2, -0.15) is 0 Å². The molecule has 0 aliphatic rings. The fourth-order valence-corrected chi connectivity index (χ4v) is 3.80. The zero-order valence-corrected chi connectivity index (χ0v) is 18.8. The van der Waals surface area contributed by atoms with E-state index in [9.17, 15) is 24.7 Å². The number of para-hydroxylation sites is 1. The third kappa shape index (κ3) is 6.09. The molecule has 0 saturated carbocycles. The summed E-state index contributed by atoms with van der Waals surface area (Å²) in [6, 6.07) is 11.4. The van der Waals surface area contributed by atoms with Gasteiger partial charge in [0.25, 0.3) is 5.91 Å². The Morgan fingerprint density at radius 3 is 2.09 bits per heavy atom. The minimum atomic E-state index is -1.90. The van der Waals surface area contributed by atoms with E-state index in [0.717, 1.165) is 36.2 Å². The molecule has 0 spiro atoms. The van der Waals surface area contributed by atoms with Crippen molar-refractivity contribution in [1.29, 1.82) is 0 Å². The first-order valence-electron chi connectivity index (χ1n) is 10.8. The average Bonchev–Trinajstić information content (AvgIpc) is 2.78. The van der Waals surface area contributed by atoms with Crippen LogP contribution in [0.15, 0.2) is 42.5 Å². The maximum Gasteiger partial charge on any atom is 0.475 e. The number of carbonyl (C=O) groups is 2. The maximum absolute atomic E-state index is 12.7. The van der Waals surface area contributed by atoms with Crippen LogP contribution in [0.5, 0.6) is 5.75 Å². The first kappa shape index (κ1) is 25.4. The SMILES string of the molecule is CC[N+](CC)(CC)Cc1ccc(C(=O)NC(Cc2cccc(C(=O)O)c2O)B(O)O)cc1. The quantitative estimate of drug-likeness (QED) is 0.266. The van der Waals surface area contributed by atoms with Crippen LogP contribution >= 0.6 is 0 Å². The number of carboxylic acid groups (broad SMARTS) is 1. The summed E-state index contributed by atoms with van der Waals surface area (Å²) in [5.74, 6) is -3.40. The van der Waals surface area contributed by atoms with E-state index in [0.29, 0.717) is 5.56 Å². The Morgan fingerprint density at radius 1 is 1.00 bits per heavy atom. The molecule has 32 heavy (non-hydrogen) atoms. The van der Waals surface area contributed by atoms with E-state index >= 15 is 0 Å². The summed E-state index contributed by atoms with van der Waals surface area (Å²) in [4.78, 5) is 23.9. The van der Waals surface area contributed by atoms with Crippen LogP contribution in [0, 0.1) is 0 Å². The molecule has 0 saturated heterocycles. The number of carbonyl (C=O) groups excluding carboxylic acids is 1. The largest absolute Gasteiger partial charge is 0.507 e. The Bertz CT molecular complexity index is 920. The van der Waals surface area contributed by atoms with Crippen molar-refractivity contribution >= 4 is 19.0 Å². The summed E-state index contributed by atoms with van der Waals surface area (Å²) in [7, 11) is -1.90. The summed E-state index contributed by atoms with van der Waals surface area (Å²) in [5, 5.41) is 41.3. The molecule has 2 aromatic rings. The second-order valence-corrected chi connectivity index (χ2v) is 7.96. The van der Waals surface area contributed by atoms with E-state index in [1.807, 2.05) is 12.1 Å². The highest BCUT2D eigenvalue weighted by molar-refractivity contribution is 6.43. The number of hydrogen-bond acceptors (Lipinski definition) is 5. The highest BCUT2D eigenvalue weighted by Gasteiger charge is 2.28. The molecule has 0 aliphatic carbocycles. The van der Waals surface area contributed by atoms with E-state index in [4.69, 9.17) is 5.11 Å². The minimum Gasteiger partial charge on any atom is -0.507 e. The van der Waals surface area contributed by atoms with Crippen molar-refractivity contribution in [3.8, 4) is 5.75 Å². The van der Waals surface area contributed by atoms with Crippen molar-refractivity contribution in [2.24, 2.45) is 0 Å². The number of aromatic carboxylic acids is 1. The van der Waals surface area contributed by atoms with Crippen LogP contribution in [-0.2, 0) is 13.0 Å². The Morgan fingerprint density at radius 2 is 1.59 bits per heavy atom. The average molecular weight is 443 g/mol. The fraction of sp³-hybridized carbons (Fsp3) is 0.391. The summed E-state index contributed by atoms with van der Waals surface area (Å²) in [6.45, 7) is 10.4. The highest BCUT2D eigenvalue weighted by Crippen LogP contribution is 2.24. The van der Waals surface area contributed by atoms with Crippen LogP contribution < -0.4 is 5.32 Å². The third-order valence-corrected chi connectivity index (χ3v) is 6.21. The van der Waals surface area contributed by atoms with E-state index < -0.39 is 30.7 Å². The zero-order chi connectivity index (χ0) is 23.9. The van der Waals surface area contributed by atoms with Crippen molar-refractivity contribution in [3.63, 3.8) is 0 Å². The smallest absolute Gasteiger partial charge is 0.475 e. The van der Waals surface area contributed by atoms with Crippen LogP contribution in [0.4, 0.5) is 0 Å². The minimum absolute atomic E-state index is 0.155. The van der Waals surface area contributed by atoms with Gasteiger partial charge in [0.05, 0.1) is 25.6 Å². The van der Waals surface area contributed by atoms with Gasteiger partial charge in [-0.15, -0.1) is 0 Å². The van der Waals surface area contributed by atoms with Crippen molar-refractivity contribution < 1.29 is 34.3 Å². The monoisotopic (exact) mass is 443 g/mol. The lowest BCUT2D eigenvalue weighted by atomic mass is 9.75. The predicted octanol–water partition coefficient (Wildman–Crippen LogP) is 1.82. The number of quaternary nitrogens is 1. The lowest BCUT2D eigenvalue weighted by Gasteiger charge is -2.35. The lowest BCUT2D eigenvalue weighted by molar-refractivity contribution is -0.936. The van der Waals surface area contributed by atoms with E-state index in [1.165, 1.54) is 18.2 Å². The molecular formula is C23H32BN2O6+. The molecule has 172 valence electrons. The number of rotatable bonds is 11. The van der Waals surface area contributed by atoms with Gasteiger partial charge in [-0.1, -0.05) is 24.3 Å². The Hall–Kier alpha value is -2.88. The van der Waals surface area contributed by atoms with Gasteiger partial charge in [-0.25, -0.2) is 4.79 Å². The van der Waals surface area contributed by atoms with Gasteiger partial charge in [0.2, 0.25) is 0 Å². The first-order valence-corrected chi connectivity index (χ1v) is 10.8. The highest BCUT2D eigenvalue weighted by atomic mass is 16.4. The summed E-state index contributed by atoms with van der Waals surface area (Å²) >= 11 is 0. The summed E-state index contributed by atoms with van der Waals surface area (Å²) in [6.07, 6.45) is -0.155. The Kier molecular flexibility index (Phi) is 8.83. The summed E-state index contributed by atoms with van der Waals surface area (Å²) in [5.41, 5.74) is 1.37. The standard InChI is InChI=1S/C23H31BN2O6/c1-4-26(5-2,6-3)15-16-10-12-17(13-11-16)22(28)25-20(24(31)32)14-18-8-7-9-19(21(18)27)23(29)30/h7-13,20,31-32H,4-6,14-15H2,1-3H3,(H2-,25,27,28,29,30)/p+1. The maximum atomic E-state index is 12.7. The molecule has 5 N–H and O–H groups in total. The van der Waals surface area contributed by atoms with Gasteiger partial charge in [-0.05, 0) is 51.0 Å². The van der Waals surface area contributed by atoms with Gasteiger partial charge in [-0.3, -0.25) is 4.79 Å². The predicted molar refractivity (Wildman–Crippen MR) is 122 cm³/mol. The molecule has 0 fully saturated rings. The van der Waals surface area contributed by atoms with Gasteiger partial charge in [0, 0.05) is 11.1 Å². The normalized spacial score (nSPS) is 12.3. The molecule has 0 radical (unpaired) electrons. The fourth-order valence-electron chi connectivity index (χ4n) is 3.80. The molecule has 2 aromatic carbocycles. The van der Waals surface area contributed by atoms with Crippen LogP contribution in [0.2, 0.25) is 0 Å². The van der Waals surface area contributed by atoms with Crippen molar-refractivity contribution in [2.45, 2.75) is 39.7 Å². The lowest BCUT2D eigenvalue weighted by Crippen LogP contribution is -2.48. The van der Waals surface area contributed by atoms with Gasteiger partial charge in [0.15, 0.2) is 0 Å². The molecule has 0 bridgehead atoms. The number of nitrogens with one attached hydrogen (secondary N) is 1. The molecule has 0 aromatic heterocycles. The van der Waals surface area contributed by atoms with E-state index in [1.54, 1.807) is 12.1 Å². The van der Waals surface area contributed by atoms with Crippen molar-refractivity contribution in [1.82, 2.24) is 5.32 Å². The molecule has 1 amide bonds. The molecular weight excluding hydrogens is 411 g/mol. The topological polar surface area (TPSA) is 127 Å². The summed E-state index contributed by atoms with van der Waals surface area (Å²) < 4.78 is 0.948.